The van der Waals surface area contributed by atoms with Crippen LogP contribution in [0.25, 0.3) is 0 Å². The summed E-state index contributed by atoms with van der Waals surface area (Å²) in [6.07, 6.45) is -11.1. The van der Waals surface area contributed by atoms with E-state index in [0.717, 1.165) is 0 Å². The Morgan fingerprint density at radius 1 is 0.963 bits per heavy atom. The first kappa shape index (κ1) is 26.5. The number of nitrogens with one attached hydrogen (secondary N) is 1. The van der Waals surface area contributed by atoms with Crippen molar-refractivity contribution in [1.82, 2.24) is 5.32 Å². The lowest BCUT2D eigenvalue weighted by atomic mass is 9.97. The maximum absolute atomic E-state index is 9.62. The molecule has 2 fully saturated rings. The standard InChI is InChI=1S/C7H15NO5.C6H12O6.CH5N/c1-8-3-7(12)6(11)5(10)4(9)2-13-7;7-1-2-3(8)4(9)5(10)6(11)12-2;1-2/h4-6,8-12H,2-3H2,1H3;2-11H,1H2;2H2,1H3. The first-order valence-corrected chi connectivity index (χ1v) is 8.20. The third-order valence-electron chi connectivity index (χ3n) is 3.98. The number of likely N-dealkylation sites (N-methyl/N-ethyl adjacent to an activating group) is 1. The molecule has 0 aromatic rings. The lowest BCUT2D eigenvalue weighted by Crippen LogP contribution is -2.64. The highest BCUT2D eigenvalue weighted by Gasteiger charge is 2.47. The summed E-state index contributed by atoms with van der Waals surface area (Å²) in [6.45, 7) is -0.740. The molecule has 12 N–H and O–H groups in total. The molecule has 2 aliphatic rings. The number of aliphatic hydroxyl groups excluding tert-OH is 8. The van der Waals surface area contributed by atoms with Crippen molar-refractivity contribution in [3.05, 3.63) is 0 Å². The third kappa shape index (κ3) is 6.79. The van der Waals surface area contributed by atoms with Crippen LogP contribution >= 0.6 is 0 Å². The van der Waals surface area contributed by atoms with Crippen molar-refractivity contribution in [2.24, 2.45) is 5.73 Å². The summed E-state index contributed by atoms with van der Waals surface area (Å²) in [5.41, 5.74) is 4.50. The Balaban J connectivity index is 0.000000460. The predicted octanol–water partition coefficient (Wildman–Crippen LogP) is -6.64. The van der Waals surface area contributed by atoms with E-state index in [1.807, 2.05) is 0 Å². The predicted molar refractivity (Wildman–Crippen MR) is 88.9 cm³/mol. The molecular weight excluding hydrogens is 372 g/mol. The molecule has 0 saturated carbocycles. The molecule has 0 aromatic heterocycles. The molecular formula is C14H32N2O11. The summed E-state index contributed by atoms with van der Waals surface area (Å²) in [5, 5.41) is 84.6. The lowest BCUT2D eigenvalue weighted by molar-refractivity contribution is -0.317. The van der Waals surface area contributed by atoms with Crippen molar-refractivity contribution < 1.29 is 55.4 Å². The summed E-state index contributed by atoms with van der Waals surface area (Å²) >= 11 is 0. The van der Waals surface area contributed by atoms with Gasteiger partial charge in [-0.25, -0.2) is 0 Å². The van der Waals surface area contributed by atoms with Crippen LogP contribution in [0.1, 0.15) is 0 Å². The van der Waals surface area contributed by atoms with Gasteiger partial charge in [-0.1, -0.05) is 0 Å². The second-order valence-corrected chi connectivity index (χ2v) is 5.91. The average molecular weight is 404 g/mol. The summed E-state index contributed by atoms with van der Waals surface area (Å²) in [4.78, 5) is 0. The largest absolute Gasteiger partial charge is 0.394 e. The summed E-state index contributed by atoms with van der Waals surface area (Å²) in [5.74, 6) is -1.83. The smallest absolute Gasteiger partial charge is 0.207 e. The Labute approximate surface area is 156 Å². The summed E-state index contributed by atoms with van der Waals surface area (Å²) in [6, 6.07) is 0. The van der Waals surface area contributed by atoms with Gasteiger partial charge in [0.15, 0.2) is 6.29 Å². The maximum Gasteiger partial charge on any atom is 0.207 e. The molecule has 0 aliphatic carbocycles. The molecule has 0 radical (unpaired) electrons. The monoisotopic (exact) mass is 404 g/mol. The van der Waals surface area contributed by atoms with Gasteiger partial charge in [0.2, 0.25) is 5.79 Å². The Morgan fingerprint density at radius 3 is 2.00 bits per heavy atom. The van der Waals surface area contributed by atoms with Crippen molar-refractivity contribution in [1.29, 1.82) is 0 Å². The van der Waals surface area contributed by atoms with Gasteiger partial charge in [0.1, 0.15) is 42.7 Å². The fourth-order valence-electron chi connectivity index (χ4n) is 2.38. The summed E-state index contributed by atoms with van der Waals surface area (Å²) in [7, 11) is 3.07. The molecule has 27 heavy (non-hydrogen) atoms. The normalized spacial score (nSPS) is 44.4. The molecule has 2 aliphatic heterocycles. The van der Waals surface area contributed by atoms with E-state index in [-0.39, 0.29) is 13.2 Å². The molecule has 2 saturated heterocycles. The van der Waals surface area contributed by atoms with Crippen molar-refractivity contribution in [2.75, 3.05) is 33.9 Å². The van der Waals surface area contributed by atoms with Gasteiger partial charge in [-0.15, -0.1) is 0 Å². The SMILES string of the molecule is CN.CNCC1(O)OCC(O)C(O)C1O.OCC1OC(O)C(O)C(O)C1O. The molecule has 0 aromatic carbocycles. The van der Waals surface area contributed by atoms with Gasteiger partial charge in [0, 0.05) is 0 Å². The number of rotatable bonds is 3. The quantitative estimate of drug-likeness (QED) is 0.210. The maximum atomic E-state index is 9.62. The molecule has 164 valence electrons. The first-order valence-electron chi connectivity index (χ1n) is 8.20. The van der Waals surface area contributed by atoms with Crippen LogP contribution in [0.3, 0.4) is 0 Å². The van der Waals surface area contributed by atoms with Gasteiger partial charge in [0.05, 0.1) is 19.8 Å². The Kier molecular flexibility index (Phi) is 11.9. The molecule has 2 rings (SSSR count). The van der Waals surface area contributed by atoms with Gasteiger partial charge < -0.3 is 66.5 Å². The Morgan fingerprint density at radius 2 is 1.52 bits per heavy atom. The van der Waals surface area contributed by atoms with E-state index in [4.69, 9.17) is 35.4 Å². The van der Waals surface area contributed by atoms with Crippen molar-refractivity contribution in [2.45, 2.75) is 54.8 Å². The molecule has 9 atom stereocenters. The molecule has 2 heterocycles. The Hall–Kier alpha value is -0.520. The van der Waals surface area contributed by atoms with E-state index in [9.17, 15) is 15.3 Å². The van der Waals surface area contributed by atoms with Crippen LogP contribution in [-0.4, -0.2) is 135 Å². The second-order valence-electron chi connectivity index (χ2n) is 5.91. The van der Waals surface area contributed by atoms with Gasteiger partial charge in [-0.3, -0.25) is 0 Å². The minimum Gasteiger partial charge on any atom is -0.394 e. The van der Waals surface area contributed by atoms with Crippen molar-refractivity contribution in [3.63, 3.8) is 0 Å². The van der Waals surface area contributed by atoms with E-state index in [2.05, 4.69) is 15.8 Å². The van der Waals surface area contributed by atoms with Crippen LogP contribution in [0.15, 0.2) is 0 Å². The fraction of sp³-hybridized carbons (Fsp3) is 1.00. The van der Waals surface area contributed by atoms with Gasteiger partial charge in [0.25, 0.3) is 0 Å². The average Bonchev–Trinajstić information content (AvgIpc) is 2.67. The van der Waals surface area contributed by atoms with Gasteiger partial charge in [-0.05, 0) is 14.1 Å². The second kappa shape index (κ2) is 12.1. The molecule has 0 amide bonds. The molecule has 0 spiro atoms. The highest BCUT2D eigenvalue weighted by Crippen LogP contribution is 2.23. The van der Waals surface area contributed by atoms with E-state index in [1.165, 1.54) is 7.05 Å². The topological polar surface area (TPSA) is 239 Å². The highest BCUT2D eigenvalue weighted by atomic mass is 16.7. The number of hydrogen-bond donors (Lipinski definition) is 11. The zero-order chi connectivity index (χ0) is 21.4. The zero-order valence-corrected chi connectivity index (χ0v) is 15.2. The highest BCUT2D eigenvalue weighted by molar-refractivity contribution is 4.92. The minimum absolute atomic E-state index is 0.0159. The van der Waals surface area contributed by atoms with Crippen LogP contribution < -0.4 is 11.1 Å². The molecule has 13 heteroatoms. The van der Waals surface area contributed by atoms with Crippen LogP contribution in [-0.2, 0) is 9.47 Å². The zero-order valence-electron chi connectivity index (χ0n) is 15.2. The number of aliphatic hydroxyl groups is 9. The van der Waals surface area contributed by atoms with Crippen molar-refractivity contribution in [3.8, 4) is 0 Å². The molecule has 13 nitrogen and oxygen atoms in total. The van der Waals surface area contributed by atoms with E-state index < -0.39 is 61.4 Å². The van der Waals surface area contributed by atoms with Crippen LogP contribution in [0.2, 0.25) is 0 Å². The summed E-state index contributed by atoms with van der Waals surface area (Å²) < 4.78 is 9.41. The van der Waals surface area contributed by atoms with Crippen molar-refractivity contribution >= 4 is 0 Å². The number of nitrogens with two attached hydrogens (primary N) is 1. The van der Waals surface area contributed by atoms with E-state index >= 15 is 0 Å². The van der Waals surface area contributed by atoms with Crippen LogP contribution in [0.5, 0.6) is 0 Å². The molecule has 0 bridgehead atoms. The van der Waals surface area contributed by atoms with Gasteiger partial charge >= 0.3 is 0 Å². The Bertz CT molecular complexity index is 403. The van der Waals surface area contributed by atoms with Gasteiger partial charge in [-0.2, -0.15) is 0 Å². The number of ether oxygens (including phenoxy) is 2. The van der Waals surface area contributed by atoms with E-state index in [1.54, 1.807) is 7.05 Å². The fourth-order valence-corrected chi connectivity index (χ4v) is 2.38. The first-order chi connectivity index (χ1) is 12.6. The van der Waals surface area contributed by atoms with E-state index in [0.29, 0.717) is 0 Å². The lowest BCUT2D eigenvalue weighted by Gasteiger charge is -2.41. The molecule has 9 unspecified atom stereocenters. The third-order valence-corrected chi connectivity index (χ3v) is 3.98. The minimum atomic E-state index is -1.83. The van der Waals surface area contributed by atoms with Crippen LogP contribution in [0.4, 0.5) is 0 Å². The number of hydrogen-bond acceptors (Lipinski definition) is 13. The van der Waals surface area contributed by atoms with Crippen LogP contribution in [0, 0.1) is 0 Å².